The van der Waals surface area contributed by atoms with E-state index in [1.54, 1.807) is 30.1 Å². The summed E-state index contributed by atoms with van der Waals surface area (Å²) >= 11 is 1.67. The van der Waals surface area contributed by atoms with Crippen molar-refractivity contribution in [1.29, 1.82) is 0 Å². The fourth-order valence-corrected chi connectivity index (χ4v) is 4.69. The summed E-state index contributed by atoms with van der Waals surface area (Å²) in [6.07, 6.45) is 4.99. The number of thioether (sulfide) groups is 1. The summed E-state index contributed by atoms with van der Waals surface area (Å²) in [5.41, 5.74) is 3.98. The third-order valence-corrected chi connectivity index (χ3v) is 6.38. The van der Waals surface area contributed by atoms with Crippen molar-refractivity contribution in [2.24, 2.45) is 5.92 Å². The van der Waals surface area contributed by atoms with E-state index in [1.807, 2.05) is 43.5 Å². The molecular formula is C24H25N3O2S. The number of carbonyl (C=O) groups excluding carboxylic acids is 2. The van der Waals surface area contributed by atoms with Crippen molar-refractivity contribution in [2.75, 3.05) is 11.6 Å². The molecule has 154 valence electrons. The molecule has 2 heterocycles. The van der Waals surface area contributed by atoms with E-state index in [0.717, 1.165) is 33.8 Å². The Kier molecular flexibility index (Phi) is 5.77. The average molecular weight is 420 g/mol. The van der Waals surface area contributed by atoms with Gasteiger partial charge in [0, 0.05) is 46.0 Å². The monoisotopic (exact) mass is 419 g/mol. The van der Waals surface area contributed by atoms with Crippen molar-refractivity contribution < 1.29 is 9.59 Å². The van der Waals surface area contributed by atoms with Crippen molar-refractivity contribution in [3.05, 3.63) is 76.8 Å². The molecule has 0 fully saturated rings. The minimum Gasteiger partial charge on any atom is -0.362 e. The van der Waals surface area contributed by atoms with Crippen LogP contribution in [-0.4, -0.2) is 22.9 Å². The van der Waals surface area contributed by atoms with Gasteiger partial charge in [-0.1, -0.05) is 25.1 Å². The highest BCUT2D eigenvalue weighted by molar-refractivity contribution is 7.98. The summed E-state index contributed by atoms with van der Waals surface area (Å²) in [5.74, 6) is 0.268. The number of nitrogens with one attached hydrogen (secondary N) is 2. The molecule has 2 aromatic rings. The lowest BCUT2D eigenvalue weighted by Gasteiger charge is -2.36. The van der Waals surface area contributed by atoms with E-state index < -0.39 is 0 Å². The molecule has 2 aliphatic rings. The van der Waals surface area contributed by atoms with Crippen molar-refractivity contribution in [2.45, 2.75) is 37.5 Å². The molecule has 2 atom stereocenters. The second-order valence-corrected chi connectivity index (χ2v) is 8.75. The smallest absolute Gasteiger partial charge is 0.255 e. The molecular weight excluding hydrogens is 394 g/mol. The molecule has 4 rings (SSSR count). The van der Waals surface area contributed by atoms with Gasteiger partial charge in [-0.25, -0.2) is 4.98 Å². The number of carbonyl (C=O) groups is 2. The number of aromatic nitrogens is 1. The molecule has 1 aliphatic carbocycles. The third kappa shape index (κ3) is 3.92. The number of amides is 1. The first-order valence-corrected chi connectivity index (χ1v) is 11.3. The maximum Gasteiger partial charge on any atom is 0.255 e. The zero-order valence-electron chi connectivity index (χ0n) is 17.4. The first-order valence-electron chi connectivity index (χ1n) is 10.1. The lowest BCUT2D eigenvalue weighted by Crippen LogP contribution is -2.37. The highest BCUT2D eigenvalue weighted by Gasteiger charge is 2.39. The highest BCUT2D eigenvalue weighted by atomic mass is 32.2. The third-order valence-electron chi connectivity index (χ3n) is 5.63. The van der Waals surface area contributed by atoms with E-state index in [9.17, 15) is 9.59 Å². The van der Waals surface area contributed by atoms with Crippen LogP contribution in [0.25, 0.3) is 0 Å². The predicted molar refractivity (Wildman–Crippen MR) is 120 cm³/mol. The minimum atomic E-state index is -0.388. The summed E-state index contributed by atoms with van der Waals surface area (Å²) in [4.78, 5) is 31.8. The van der Waals surface area contributed by atoms with Crippen LogP contribution in [0.2, 0.25) is 0 Å². The van der Waals surface area contributed by atoms with Crippen molar-refractivity contribution in [3.8, 4) is 0 Å². The number of rotatable bonds is 4. The zero-order valence-corrected chi connectivity index (χ0v) is 18.2. The molecule has 0 unspecified atom stereocenters. The summed E-state index contributed by atoms with van der Waals surface area (Å²) in [6, 6.07) is 13.5. The Balaban J connectivity index is 1.79. The van der Waals surface area contributed by atoms with E-state index >= 15 is 0 Å². The summed E-state index contributed by atoms with van der Waals surface area (Å²) in [7, 11) is 0. The van der Waals surface area contributed by atoms with Crippen molar-refractivity contribution >= 4 is 29.3 Å². The van der Waals surface area contributed by atoms with Crippen LogP contribution in [0.5, 0.6) is 0 Å². The highest BCUT2D eigenvalue weighted by Crippen LogP contribution is 2.43. The summed E-state index contributed by atoms with van der Waals surface area (Å²) in [5, 5.41) is 6.27. The Morgan fingerprint density at radius 3 is 2.60 bits per heavy atom. The Morgan fingerprint density at radius 1 is 1.17 bits per heavy atom. The van der Waals surface area contributed by atoms with Crippen LogP contribution < -0.4 is 10.6 Å². The Hall–Kier alpha value is -2.86. The van der Waals surface area contributed by atoms with E-state index in [-0.39, 0.29) is 17.6 Å². The number of allylic oxidation sites excluding steroid dienone is 3. The Bertz CT molecular complexity index is 1040. The number of hydrogen-bond acceptors (Lipinski definition) is 5. The van der Waals surface area contributed by atoms with Crippen LogP contribution in [-0.2, 0) is 9.59 Å². The number of benzene rings is 1. The van der Waals surface area contributed by atoms with Gasteiger partial charge in [0.25, 0.3) is 5.91 Å². The normalized spacial score (nSPS) is 21.2. The molecule has 5 nitrogen and oxygen atoms in total. The molecule has 2 N–H and O–H groups in total. The van der Waals surface area contributed by atoms with Gasteiger partial charge in [0.15, 0.2) is 5.78 Å². The van der Waals surface area contributed by atoms with Crippen LogP contribution in [0, 0.1) is 5.92 Å². The molecule has 6 heteroatoms. The number of anilines is 1. The zero-order chi connectivity index (χ0) is 21.3. The van der Waals surface area contributed by atoms with Gasteiger partial charge >= 0.3 is 0 Å². The number of Topliss-reactive ketones (excluding diaryl/α,β-unsaturated/α-hetero) is 1. The van der Waals surface area contributed by atoms with Crippen LogP contribution >= 0.6 is 11.8 Å². The molecule has 1 amide bonds. The molecule has 1 aliphatic heterocycles. The van der Waals surface area contributed by atoms with Crippen LogP contribution in [0.15, 0.2) is 76.1 Å². The summed E-state index contributed by atoms with van der Waals surface area (Å²) < 4.78 is 0. The van der Waals surface area contributed by atoms with Gasteiger partial charge in [-0.05, 0) is 55.3 Å². The van der Waals surface area contributed by atoms with Crippen molar-refractivity contribution in [3.63, 3.8) is 0 Å². The SMILES string of the molecule is CSc1ccc([C@H]2C(C(=O)Nc3ccccn3)=C(C)NC3=C2C(=O)C[C@H](C)C3)cc1. The molecule has 0 saturated carbocycles. The number of dihydropyridines is 1. The average Bonchev–Trinajstić information content (AvgIpc) is 2.73. The van der Waals surface area contributed by atoms with Gasteiger partial charge in [0.1, 0.15) is 5.82 Å². The molecule has 0 bridgehead atoms. The van der Waals surface area contributed by atoms with Gasteiger partial charge in [0.2, 0.25) is 0 Å². The fraction of sp³-hybridized carbons (Fsp3) is 0.292. The standard InChI is InChI=1S/C24H25N3O2S/c1-14-12-18-23(19(28)13-14)22(16-7-9-17(30-3)10-8-16)21(15(2)26-18)24(29)27-20-6-4-5-11-25-20/h4-11,14,22,26H,12-13H2,1-3H3,(H,25,27,29)/t14-,22+/m1/s1. The van der Waals surface area contributed by atoms with Gasteiger partial charge in [0.05, 0.1) is 0 Å². The van der Waals surface area contributed by atoms with Crippen molar-refractivity contribution in [1.82, 2.24) is 10.3 Å². The second-order valence-electron chi connectivity index (χ2n) is 7.87. The Labute approximate surface area is 181 Å². The van der Waals surface area contributed by atoms with Crippen LogP contribution in [0.1, 0.15) is 38.2 Å². The second kappa shape index (κ2) is 8.48. The number of ketones is 1. The molecule has 30 heavy (non-hydrogen) atoms. The fourth-order valence-electron chi connectivity index (χ4n) is 4.28. The Morgan fingerprint density at radius 2 is 1.93 bits per heavy atom. The van der Waals surface area contributed by atoms with Gasteiger partial charge < -0.3 is 10.6 Å². The first kappa shape index (κ1) is 20.4. The van der Waals surface area contributed by atoms with Crippen LogP contribution in [0.3, 0.4) is 0 Å². The number of nitrogens with zero attached hydrogens (tertiary/aromatic N) is 1. The molecule has 1 aromatic carbocycles. The van der Waals surface area contributed by atoms with E-state index in [2.05, 4.69) is 22.5 Å². The van der Waals surface area contributed by atoms with E-state index in [1.165, 1.54) is 0 Å². The van der Waals surface area contributed by atoms with Gasteiger partial charge in [-0.15, -0.1) is 11.8 Å². The maximum atomic E-state index is 13.3. The molecule has 0 saturated heterocycles. The minimum absolute atomic E-state index is 0.117. The quantitative estimate of drug-likeness (QED) is 0.706. The lowest BCUT2D eigenvalue weighted by molar-refractivity contribution is -0.117. The molecule has 1 aromatic heterocycles. The van der Waals surface area contributed by atoms with Crippen LogP contribution in [0.4, 0.5) is 5.82 Å². The first-order chi connectivity index (χ1) is 14.5. The van der Waals surface area contributed by atoms with Gasteiger partial charge in [-0.2, -0.15) is 0 Å². The lowest BCUT2D eigenvalue weighted by atomic mass is 9.73. The van der Waals surface area contributed by atoms with E-state index in [4.69, 9.17) is 0 Å². The number of hydrogen-bond donors (Lipinski definition) is 2. The van der Waals surface area contributed by atoms with Gasteiger partial charge in [-0.3, -0.25) is 9.59 Å². The number of pyridine rings is 1. The summed E-state index contributed by atoms with van der Waals surface area (Å²) in [6.45, 7) is 4.00. The molecule has 0 radical (unpaired) electrons. The van der Waals surface area contributed by atoms with E-state index in [0.29, 0.717) is 23.7 Å². The predicted octanol–water partition coefficient (Wildman–Crippen LogP) is 4.66. The molecule has 0 spiro atoms. The largest absolute Gasteiger partial charge is 0.362 e. The maximum absolute atomic E-state index is 13.3. The topological polar surface area (TPSA) is 71.1 Å².